The summed E-state index contributed by atoms with van der Waals surface area (Å²) in [5.74, 6) is 1.31. The number of thiazole rings is 1. The molecule has 152 valence electrons. The van der Waals surface area contributed by atoms with E-state index in [1.54, 1.807) is 16.8 Å². The predicted molar refractivity (Wildman–Crippen MR) is 119 cm³/mol. The van der Waals surface area contributed by atoms with E-state index in [9.17, 15) is 9.90 Å². The lowest BCUT2D eigenvalue weighted by molar-refractivity contribution is -0.113. The molecular weight excluding hydrogens is 420 g/mol. The van der Waals surface area contributed by atoms with Crippen molar-refractivity contribution in [3.63, 3.8) is 0 Å². The number of phenolic OH excluding ortho intramolecular Hbond substituents is 1. The molecule has 30 heavy (non-hydrogen) atoms. The number of amides is 1. The Hall–Kier alpha value is -3.04. The Morgan fingerprint density at radius 1 is 1.27 bits per heavy atom. The van der Waals surface area contributed by atoms with E-state index in [1.807, 2.05) is 37.3 Å². The Kier molecular flexibility index (Phi) is 4.63. The number of carbonyl (C=O) groups excluding carboxylic acids is 1. The molecule has 0 unspecified atom stereocenters. The van der Waals surface area contributed by atoms with Gasteiger partial charge in [0.05, 0.1) is 34.0 Å². The monoisotopic (exact) mass is 438 g/mol. The van der Waals surface area contributed by atoms with Crippen molar-refractivity contribution in [3.8, 4) is 16.6 Å². The quantitative estimate of drug-likeness (QED) is 0.496. The van der Waals surface area contributed by atoms with Crippen LogP contribution in [0.15, 0.2) is 42.5 Å². The number of hydrogen-bond acceptors (Lipinski definition) is 7. The zero-order chi connectivity index (χ0) is 20.8. The number of anilines is 1. The lowest BCUT2D eigenvalue weighted by Crippen LogP contribution is -2.15. The van der Waals surface area contributed by atoms with Gasteiger partial charge in [-0.05, 0) is 36.8 Å². The van der Waals surface area contributed by atoms with Crippen LogP contribution < -0.4 is 10.1 Å². The number of aromatic nitrogens is 3. The average molecular weight is 439 g/mol. The van der Waals surface area contributed by atoms with Crippen LogP contribution in [0.5, 0.6) is 11.5 Å². The van der Waals surface area contributed by atoms with E-state index in [2.05, 4.69) is 5.32 Å². The minimum atomic E-state index is -0.168. The largest absolute Gasteiger partial charge is 0.504 e. The molecule has 5 rings (SSSR count). The third-order valence-electron chi connectivity index (χ3n) is 4.98. The summed E-state index contributed by atoms with van der Waals surface area (Å²) in [6, 6.07) is 13.2. The standard InChI is InChI=1S/C21H18N4O3S2/c1-11-18-19(12-7-8-15(28-2)14(26)9-12)29-10-17(27)23-20(18)25(24-11)21-22-13-5-3-4-6-16(13)30-21/h3-9,19,26H,10H2,1-2H3,(H,23,27)/t19-/m0/s1. The number of carbonyl (C=O) groups is 1. The summed E-state index contributed by atoms with van der Waals surface area (Å²) in [5.41, 5.74) is 3.49. The minimum Gasteiger partial charge on any atom is -0.504 e. The Bertz CT molecular complexity index is 1250. The molecule has 9 heteroatoms. The highest BCUT2D eigenvalue weighted by Crippen LogP contribution is 2.45. The number of nitrogens with zero attached hydrogens (tertiary/aromatic N) is 3. The molecule has 1 atom stereocenters. The third kappa shape index (κ3) is 3.10. The van der Waals surface area contributed by atoms with Crippen LogP contribution in [0, 0.1) is 6.92 Å². The zero-order valence-corrected chi connectivity index (χ0v) is 17.9. The summed E-state index contributed by atoms with van der Waals surface area (Å²) in [7, 11) is 1.52. The molecule has 0 saturated carbocycles. The molecule has 0 spiro atoms. The maximum atomic E-state index is 12.5. The number of para-hydroxylation sites is 1. The summed E-state index contributed by atoms with van der Waals surface area (Å²) >= 11 is 3.03. The van der Waals surface area contributed by atoms with Gasteiger partial charge in [0, 0.05) is 5.56 Å². The predicted octanol–water partition coefficient (Wildman–Crippen LogP) is 4.28. The van der Waals surface area contributed by atoms with E-state index >= 15 is 0 Å². The fourth-order valence-electron chi connectivity index (χ4n) is 3.61. The lowest BCUT2D eigenvalue weighted by atomic mass is 10.0. The number of aryl methyl sites for hydroxylation is 1. The SMILES string of the molecule is COc1ccc([C@@H]2SCC(=O)Nc3c2c(C)nn3-c2nc3ccccc3s2)cc1O. The van der Waals surface area contributed by atoms with E-state index < -0.39 is 0 Å². The zero-order valence-electron chi connectivity index (χ0n) is 16.2. The van der Waals surface area contributed by atoms with Crippen LogP contribution in [0.1, 0.15) is 22.1 Å². The minimum absolute atomic E-state index is 0.0666. The van der Waals surface area contributed by atoms with E-state index in [-0.39, 0.29) is 16.9 Å². The molecule has 3 heterocycles. The number of fused-ring (bicyclic) bond motifs is 2. The number of phenols is 1. The van der Waals surface area contributed by atoms with Crippen LogP contribution in [-0.2, 0) is 4.79 Å². The van der Waals surface area contributed by atoms with Crippen molar-refractivity contribution in [1.82, 2.24) is 14.8 Å². The molecule has 1 aliphatic heterocycles. The molecule has 0 fully saturated rings. The van der Waals surface area contributed by atoms with Crippen molar-refractivity contribution in [2.75, 3.05) is 18.2 Å². The molecule has 2 N–H and O–H groups in total. The van der Waals surface area contributed by atoms with Crippen LogP contribution in [0.25, 0.3) is 15.3 Å². The van der Waals surface area contributed by atoms with E-state index in [0.717, 1.165) is 27.0 Å². The number of nitrogens with one attached hydrogen (secondary N) is 1. The van der Waals surface area contributed by atoms with Crippen molar-refractivity contribution in [2.24, 2.45) is 0 Å². The lowest BCUT2D eigenvalue weighted by Gasteiger charge is -2.16. The van der Waals surface area contributed by atoms with Crippen LogP contribution in [0.3, 0.4) is 0 Å². The van der Waals surface area contributed by atoms with Crippen molar-refractivity contribution in [2.45, 2.75) is 12.2 Å². The summed E-state index contributed by atoms with van der Waals surface area (Å²) in [5, 5.41) is 18.5. The first-order valence-corrected chi connectivity index (χ1v) is 11.2. The van der Waals surface area contributed by atoms with Crippen LogP contribution in [0.2, 0.25) is 0 Å². The van der Waals surface area contributed by atoms with Crippen molar-refractivity contribution < 1.29 is 14.6 Å². The van der Waals surface area contributed by atoms with E-state index in [4.69, 9.17) is 14.8 Å². The second kappa shape index (κ2) is 7.33. The number of thioether (sulfide) groups is 1. The van der Waals surface area contributed by atoms with Gasteiger partial charge in [-0.1, -0.05) is 29.5 Å². The first-order chi connectivity index (χ1) is 14.5. The Labute approximate surface area is 180 Å². The molecule has 2 aromatic carbocycles. The summed E-state index contributed by atoms with van der Waals surface area (Å²) in [4.78, 5) is 17.2. The summed E-state index contributed by atoms with van der Waals surface area (Å²) in [6.45, 7) is 1.93. The van der Waals surface area contributed by atoms with Crippen LogP contribution >= 0.6 is 23.1 Å². The first kappa shape index (κ1) is 19.0. The number of rotatable bonds is 3. The number of aromatic hydroxyl groups is 1. The van der Waals surface area contributed by atoms with Gasteiger partial charge < -0.3 is 15.2 Å². The van der Waals surface area contributed by atoms with Gasteiger partial charge >= 0.3 is 0 Å². The van der Waals surface area contributed by atoms with Gasteiger partial charge in [0.1, 0.15) is 5.82 Å². The van der Waals surface area contributed by atoms with Gasteiger partial charge in [-0.2, -0.15) is 9.78 Å². The molecule has 0 aliphatic carbocycles. The normalized spacial score (nSPS) is 16.2. The molecule has 1 aliphatic rings. The highest BCUT2D eigenvalue weighted by Gasteiger charge is 2.31. The second-order valence-electron chi connectivity index (χ2n) is 6.89. The van der Waals surface area contributed by atoms with E-state index in [0.29, 0.717) is 22.5 Å². The van der Waals surface area contributed by atoms with Gasteiger partial charge in [0.25, 0.3) is 0 Å². The van der Waals surface area contributed by atoms with Crippen molar-refractivity contribution >= 4 is 45.0 Å². The molecule has 1 amide bonds. The van der Waals surface area contributed by atoms with Gasteiger partial charge in [-0.3, -0.25) is 4.79 Å². The molecule has 7 nitrogen and oxygen atoms in total. The van der Waals surface area contributed by atoms with Gasteiger partial charge in [-0.25, -0.2) is 4.98 Å². The maximum Gasteiger partial charge on any atom is 0.235 e. The molecule has 0 saturated heterocycles. The Morgan fingerprint density at radius 2 is 2.10 bits per heavy atom. The Morgan fingerprint density at radius 3 is 2.87 bits per heavy atom. The third-order valence-corrected chi connectivity index (χ3v) is 7.26. The molecule has 2 aromatic heterocycles. The highest BCUT2D eigenvalue weighted by atomic mass is 32.2. The number of hydrogen-bond donors (Lipinski definition) is 2. The fraction of sp³-hybridized carbons (Fsp3) is 0.190. The van der Waals surface area contributed by atoms with Crippen LogP contribution in [0.4, 0.5) is 5.82 Å². The van der Waals surface area contributed by atoms with Crippen LogP contribution in [-0.4, -0.2) is 38.6 Å². The molecule has 0 bridgehead atoms. The molecular formula is C21H18N4O3S2. The number of methoxy groups -OCH3 is 1. The second-order valence-corrected chi connectivity index (χ2v) is 9.00. The average Bonchev–Trinajstić information content (AvgIpc) is 3.24. The maximum absolute atomic E-state index is 12.5. The highest BCUT2D eigenvalue weighted by molar-refractivity contribution is 8.00. The van der Waals surface area contributed by atoms with Gasteiger partial charge in [0.2, 0.25) is 11.0 Å². The van der Waals surface area contributed by atoms with Gasteiger partial charge in [0.15, 0.2) is 11.5 Å². The number of benzene rings is 2. The van der Waals surface area contributed by atoms with E-state index in [1.165, 1.54) is 30.2 Å². The van der Waals surface area contributed by atoms with Gasteiger partial charge in [-0.15, -0.1) is 11.8 Å². The Balaban J connectivity index is 1.67. The topological polar surface area (TPSA) is 89.3 Å². The number of ether oxygens (including phenoxy) is 1. The smallest absolute Gasteiger partial charge is 0.235 e. The first-order valence-electron chi connectivity index (χ1n) is 9.29. The molecule has 4 aromatic rings. The fourth-order valence-corrected chi connectivity index (χ4v) is 5.71. The summed E-state index contributed by atoms with van der Waals surface area (Å²) in [6.07, 6.45) is 0. The van der Waals surface area contributed by atoms with Crippen molar-refractivity contribution in [1.29, 1.82) is 0 Å². The molecule has 0 radical (unpaired) electrons. The summed E-state index contributed by atoms with van der Waals surface area (Å²) < 4.78 is 7.94. The van der Waals surface area contributed by atoms with Crippen molar-refractivity contribution in [3.05, 3.63) is 59.3 Å².